The molecule has 2 aromatic heterocycles. The molecule has 0 fully saturated rings. The molecule has 5 aromatic rings. The molecule has 0 unspecified atom stereocenters. The van der Waals surface area contributed by atoms with Gasteiger partial charge >= 0.3 is 0 Å². The van der Waals surface area contributed by atoms with Crippen LogP contribution in [-0.4, -0.2) is 34.5 Å². The van der Waals surface area contributed by atoms with Gasteiger partial charge in [0.25, 0.3) is 0 Å². The first-order valence-corrected chi connectivity index (χ1v) is 15.0. The maximum absolute atomic E-state index is 10.2. The second kappa shape index (κ2) is 13.8. The Balaban J connectivity index is 1.45. The molecule has 0 aliphatic rings. The summed E-state index contributed by atoms with van der Waals surface area (Å²) < 4.78 is 12.7. The normalized spacial score (nSPS) is 10.7. The van der Waals surface area contributed by atoms with Crippen LogP contribution in [0.5, 0.6) is 11.5 Å². The third-order valence-electron chi connectivity index (χ3n) is 6.09. The SMILES string of the molecule is CSc1sc(-c2ccnc(Nc3cccc(OCCCO)c3)n2)c(-c2cccc(OCc3ccccc3)c2)c1C#N. The number of hydrogen-bond donors (Lipinski definition) is 2. The Morgan fingerprint density at radius 3 is 2.56 bits per heavy atom. The highest BCUT2D eigenvalue weighted by molar-refractivity contribution is 8.00. The van der Waals surface area contributed by atoms with Crippen molar-refractivity contribution in [3.8, 4) is 39.3 Å². The van der Waals surface area contributed by atoms with Gasteiger partial charge in [-0.2, -0.15) is 5.26 Å². The minimum atomic E-state index is 0.0834. The van der Waals surface area contributed by atoms with E-state index in [0.717, 1.165) is 37.2 Å². The second-order valence-corrected chi connectivity index (χ2v) is 11.0. The van der Waals surface area contributed by atoms with Gasteiger partial charge in [0.05, 0.1) is 27.0 Å². The van der Waals surface area contributed by atoms with Gasteiger partial charge in [-0.25, -0.2) is 9.97 Å². The van der Waals surface area contributed by atoms with Crippen LogP contribution in [0.15, 0.2) is 95.3 Å². The predicted molar refractivity (Wildman–Crippen MR) is 165 cm³/mol. The summed E-state index contributed by atoms with van der Waals surface area (Å²) >= 11 is 3.09. The van der Waals surface area contributed by atoms with Gasteiger partial charge in [-0.3, -0.25) is 0 Å². The van der Waals surface area contributed by atoms with E-state index in [4.69, 9.17) is 19.6 Å². The fourth-order valence-corrected chi connectivity index (χ4v) is 6.10. The Kier molecular flexibility index (Phi) is 9.49. The molecule has 0 radical (unpaired) electrons. The van der Waals surface area contributed by atoms with E-state index in [9.17, 15) is 5.26 Å². The highest BCUT2D eigenvalue weighted by atomic mass is 32.2. The average molecular weight is 581 g/mol. The van der Waals surface area contributed by atoms with Crippen molar-refractivity contribution in [3.05, 3.63) is 102 Å². The molecule has 2 heterocycles. The maximum Gasteiger partial charge on any atom is 0.227 e. The number of ether oxygens (including phenoxy) is 2. The Hall–Kier alpha value is -4.36. The molecular weight excluding hydrogens is 553 g/mol. The Morgan fingerprint density at radius 1 is 0.976 bits per heavy atom. The van der Waals surface area contributed by atoms with Gasteiger partial charge in [-0.1, -0.05) is 48.5 Å². The van der Waals surface area contributed by atoms with Crippen molar-refractivity contribution in [1.29, 1.82) is 5.26 Å². The van der Waals surface area contributed by atoms with E-state index in [2.05, 4.69) is 16.4 Å². The Labute approximate surface area is 247 Å². The number of thioether (sulfide) groups is 1. The van der Waals surface area contributed by atoms with Gasteiger partial charge in [0.1, 0.15) is 24.2 Å². The minimum Gasteiger partial charge on any atom is -0.493 e. The molecule has 2 N–H and O–H groups in total. The predicted octanol–water partition coefficient (Wildman–Crippen LogP) is 7.55. The zero-order valence-corrected chi connectivity index (χ0v) is 24.0. The first-order chi connectivity index (χ1) is 20.2. The van der Waals surface area contributed by atoms with Crippen LogP contribution in [0.3, 0.4) is 0 Å². The number of aliphatic hydroxyl groups is 1. The summed E-state index contributed by atoms with van der Waals surface area (Å²) in [6.45, 7) is 0.973. The van der Waals surface area contributed by atoms with Crippen molar-refractivity contribution in [2.45, 2.75) is 17.2 Å². The number of nitriles is 1. The van der Waals surface area contributed by atoms with Crippen molar-refractivity contribution < 1.29 is 14.6 Å². The number of aromatic nitrogens is 2. The lowest BCUT2D eigenvalue weighted by Gasteiger charge is -2.11. The Bertz CT molecular complexity index is 1650. The number of nitrogens with zero attached hydrogens (tertiary/aromatic N) is 3. The van der Waals surface area contributed by atoms with E-state index < -0.39 is 0 Å². The topological polar surface area (TPSA) is 100 Å². The molecular formula is C32H28N4O3S2. The van der Waals surface area contributed by atoms with Gasteiger partial charge in [0.2, 0.25) is 5.95 Å². The largest absolute Gasteiger partial charge is 0.493 e. The van der Waals surface area contributed by atoms with Crippen LogP contribution in [0, 0.1) is 11.3 Å². The molecule has 0 saturated carbocycles. The van der Waals surface area contributed by atoms with Crippen molar-refractivity contribution >= 4 is 34.7 Å². The van der Waals surface area contributed by atoms with E-state index >= 15 is 0 Å². The molecule has 0 aliphatic heterocycles. The number of thiophene rings is 1. The first-order valence-electron chi connectivity index (χ1n) is 13.0. The minimum absolute atomic E-state index is 0.0834. The number of anilines is 2. The number of aliphatic hydroxyl groups excluding tert-OH is 1. The fourth-order valence-electron chi connectivity index (χ4n) is 4.19. The van der Waals surface area contributed by atoms with Crippen molar-refractivity contribution in [1.82, 2.24) is 9.97 Å². The van der Waals surface area contributed by atoms with Crippen molar-refractivity contribution in [2.24, 2.45) is 0 Å². The van der Waals surface area contributed by atoms with Crippen LogP contribution in [0.25, 0.3) is 21.7 Å². The zero-order valence-electron chi connectivity index (χ0n) is 22.4. The molecule has 3 aromatic carbocycles. The van der Waals surface area contributed by atoms with Crippen molar-refractivity contribution in [3.63, 3.8) is 0 Å². The summed E-state index contributed by atoms with van der Waals surface area (Å²) in [5.74, 6) is 1.85. The first kappa shape index (κ1) is 28.2. The lowest BCUT2D eigenvalue weighted by Crippen LogP contribution is -2.01. The fraction of sp³-hybridized carbons (Fsp3) is 0.156. The summed E-state index contributed by atoms with van der Waals surface area (Å²) in [7, 11) is 0. The molecule has 0 saturated heterocycles. The van der Waals surface area contributed by atoms with Gasteiger partial charge in [0.15, 0.2) is 0 Å². The van der Waals surface area contributed by atoms with Gasteiger partial charge in [0, 0.05) is 36.5 Å². The number of hydrogen-bond acceptors (Lipinski definition) is 9. The highest BCUT2D eigenvalue weighted by Gasteiger charge is 2.22. The molecule has 0 bridgehead atoms. The lowest BCUT2D eigenvalue weighted by molar-refractivity contribution is 0.233. The number of nitrogens with one attached hydrogen (secondary N) is 1. The van der Waals surface area contributed by atoms with E-state index in [1.165, 1.54) is 0 Å². The molecule has 41 heavy (non-hydrogen) atoms. The third-order valence-corrected chi connectivity index (χ3v) is 8.43. The van der Waals surface area contributed by atoms with Crippen LogP contribution in [0.4, 0.5) is 11.6 Å². The summed E-state index contributed by atoms with van der Waals surface area (Å²) in [4.78, 5) is 10.1. The molecule has 9 heteroatoms. The molecule has 0 spiro atoms. The molecule has 0 amide bonds. The van der Waals surface area contributed by atoms with Crippen LogP contribution in [0.2, 0.25) is 0 Å². The molecule has 0 aliphatic carbocycles. The van der Waals surface area contributed by atoms with Crippen molar-refractivity contribution in [2.75, 3.05) is 24.8 Å². The summed E-state index contributed by atoms with van der Waals surface area (Å²) in [5.41, 5.74) is 4.92. The monoisotopic (exact) mass is 580 g/mol. The standard InChI is InChI=1S/C32H28N4O3S2/c1-40-31-27(20-33)29(23-10-5-12-25(18-23)39-21-22-8-3-2-4-9-22)30(41-31)28-14-15-34-32(36-28)35-24-11-6-13-26(19-24)38-17-7-16-37/h2-6,8-15,18-19,37H,7,16-17,21H2,1H3,(H,34,35,36). The molecule has 0 atom stereocenters. The smallest absolute Gasteiger partial charge is 0.227 e. The van der Waals surface area contributed by atoms with Crippen LogP contribution < -0.4 is 14.8 Å². The Morgan fingerprint density at radius 2 is 1.78 bits per heavy atom. The van der Waals surface area contributed by atoms with E-state index in [1.54, 1.807) is 29.3 Å². The number of rotatable bonds is 12. The third kappa shape index (κ3) is 7.05. The van der Waals surface area contributed by atoms with E-state index in [-0.39, 0.29) is 6.61 Å². The van der Waals surface area contributed by atoms with Gasteiger partial charge in [-0.15, -0.1) is 23.1 Å². The van der Waals surface area contributed by atoms with Gasteiger partial charge < -0.3 is 19.9 Å². The summed E-state index contributed by atoms with van der Waals surface area (Å²) in [5, 5.41) is 22.4. The summed E-state index contributed by atoms with van der Waals surface area (Å²) in [6, 6.07) is 29.7. The maximum atomic E-state index is 10.2. The highest BCUT2D eigenvalue weighted by Crippen LogP contribution is 2.46. The van der Waals surface area contributed by atoms with Gasteiger partial charge in [-0.05, 0) is 47.7 Å². The van der Waals surface area contributed by atoms with E-state index in [0.29, 0.717) is 42.6 Å². The average Bonchev–Trinajstić information content (AvgIpc) is 3.40. The quantitative estimate of drug-likeness (QED) is 0.115. The van der Waals surface area contributed by atoms with E-state index in [1.807, 2.05) is 91.2 Å². The van der Waals surface area contributed by atoms with Crippen LogP contribution in [0.1, 0.15) is 17.5 Å². The number of benzene rings is 3. The zero-order chi connectivity index (χ0) is 28.4. The second-order valence-electron chi connectivity index (χ2n) is 8.93. The molecule has 7 nitrogen and oxygen atoms in total. The lowest BCUT2D eigenvalue weighted by atomic mass is 10.0. The van der Waals surface area contributed by atoms with Crippen LogP contribution >= 0.6 is 23.1 Å². The molecule has 5 rings (SSSR count). The summed E-state index contributed by atoms with van der Waals surface area (Å²) in [6.07, 6.45) is 4.25. The molecule has 206 valence electrons. The van der Waals surface area contributed by atoms with Crippen LogP contribution in [-0.2, 0) is 6.61 Å².